The van der Waals surface area contributed by atoms with E-state index in [9.17, 15) is 20.4 Å². The lowest BCUT2D eigenvalue weighted by molar-refractivity contribution is -0.185. The van der Waals surface area contributed by atoms with Crippen molar-refractivity contribution >= 4 is 0 Å². The molecule has 2 rings (SSSR count). The summed E-state index contributed by atoms with van der Waals surface area (Å²) in [6.45, 7) is 7.64. The zero-order chi connectivity index (χ0) is 21.6. The summed E-state index contributed by atoms with van der Waals surface area (Å²) in [5.74, 6) is 1.82. The second-order valence-corrected chi connectivity index (χ2v) is 10.4. The molecule has 29 heavy (non-hydrogen) atoms. The fourth-order valence-corrected chi connectivity index (χ4v) is 5.28. The quantitative estimate of drug-likeness (QED) is 0.371. The van der Waals surface area contributed by atoms with E-state index in [1.807, 2.05) is 27.7 Å². The van der Waals surface area contributed by atoms with Crippen LogP contribution in [0.2, 0.25) is 0 Å². The molecule has 0 saturated heterocycles. The predicted molar refractivity (Wildman–Crippen MR) is 114 cm³/mol. The summed E-state index contributed by atoms with van der Waals surface area (Å²) in [6.07, 6.45) is 7.60. The maximum absolute atomic E-state index is 10.4. The number of ether oxygens (including phenoxy) is 1. The van der Waals surface area contributed by atoms with E-state index in [1.165, 1.54) is 19.3 Å². The third-order valence-electron chi connectivity index (χ3n) is 6.88. The highest BCUT2D eigenvalue weighted by molar-refractivity contribution is 4.86. The predicted octanol–water partition coefficient (Wildman–Crippen LogP) is 2.92. The molecule has 0 aliphatic heterocycles. The molecule has 2 aliphatic rings. The minimum atomic E-state index is -1.46. The average Bonchev–Trinajstić information content (AvgIpc) is 2.64. The molecule has 0 aromatic heterocycles. The second-order valence-electron chi connectivity index (χ2n) is 10.4. The van der Waals surface area contributed by atoms with Crippen molar-refractivity contribution in [2.24, 2.45) is 17.8 Å². The molecule has 0 aromatic carbocycles. The fraction of sp³-hybridized carbons (Fsp3) is 1.00. The van der Waals surface area contributed by atoms with E-state index in [-0.39, 0.29) is 12.1 Å². The van der Waals surface area contributed by atoms with E-state index < -0.39 is 24.2 Å². The third kappa shape index (κ3) is 8.42. The van der Waals surface area contributed by atoms with Gasteiger partial charge in [0.05, 0.1) is 23.8 Å². The van der Waals surface area contributed by atoms with Crippen molar-refractivity contribution in [3.05, 3.63) is 0 Å². The summed E-state index contributed by atoms with van der Waals surface area (Å²) in [5.41, 5.74) is -0.465. The maximum Gasteiger partial charge on any atom is 0.170 e. The van der Waals surface area contributed by atoms with Gasteiger partial charge in [-0.2, -0.15) is 0 Å². The van der Waals surface area contributed by atoms with Crippen molar-refractivity contribution in [3.8, 4) is 0 Å². The summed E-state index contributed by atoms with van der Waals surface area (Å²) in [4.78, 5) is 0. The normalized spacial score (nSPS) is 32.2. The van der Waals surface area contributed by atoms with E-state index in [1.54, 1.807) is 0 Å². The van der Waals surface area contributed by atoms with Crippen LogP contribution in [0.15, 0.2) is 0 Å². The molecule has 0 heterocycles. The maximum atomic E-state index is 10.4. The monoisotopic (exact) mass is 415 g/mol. The average molecular weight is 416 g/mol. The fourth-order valence-electron chi connectivity index (χ4n) is 5.28. The zero-order valence-electron chi connectivity index (χ0n) is 18.9. The van der Waals surface area contributed by atoms with E-state index in [4.69, 9.17) is 4.74 Å². The molecule has 5 atom stereocenters. The molecule has 2 fully saturated rings. The summed E-state index contributed by atoms with van der Waals surface area (Å²) in [5, 5.41) is 43.5. The van der Waals surface area contributed by atoms with Gasteiger partial charge in [0.15, 0.2) is 12.6 Å². The third-order valence-corrected chi connectivity index (χ3v) is 6.88. The molecule has 0 bridgehead atoms. The first-order chi connectivity index (χ1) is 13.6. The molecule has 2 aliphatic carbocycles. The lowest BCUT2D eigenvalue weighted by Gasteiger charge is -2.39. The second kappa shape index (κ2) is 11.4. The largest absolute Gasteiger partial charge is 0.393 e. The highest BCUT2D eigenvalue weighted by atomic mass is 16.6. The van der Waals surface area contributed by atoms with Gasteiger partial charge in [-0.1, -0.05) is 26.2 Å². The Labute approximate surface area is 177 Å². The van der Waals surface area contributed by atoms with Crippen LogP contribution in [-0.2, 0) is 4.74 Å². The number of nitrogens with one attached hydrogen (secondary N) is 1. The summed E-state index contributed by atoms with van der Waals surface area (Å²) >= 11 is 0. The molecule has 3 unspecified atom stereocenters. The van der Waals surface area contributed by atoms with Crippen molar-refractivity contribution in [1.82, 2.24) is 5.32 Å². The molecule has 2 saturated carbocycles. The molecular weight excluding hydrogens is 370 g/mol. The van der Waals surface area contributed by atoms with Crippen molar-refractivity contribution < 1.29 is 25.2 Å². The number of rotatable bonds is 9. The standard InChI is InChI=1S/C23H45NO5/c1-5-19(22(28)29-23(2,3)4)24-20(21(26)27)13-15-9-11-16(12-10-15)17-7-6-8-18(25)14-17/h15-22,24-28H,5-14H2,1-4H3/t15?,16?,17?,18?,19-,20-,22?/m0/s1. The molecule has 0 amide bonds. The first kappa shape index (κ1) is 25.0. The number of aliphatic hydroxyl groups is 4. The lowest BCUT2D eigenvalue weighted by Crippen LogP contribution is -2.52. The van der Waals surface area contributed by atoms with Crippen LogP contribution in [0.25, 0.3) is 0 Å². The Bertz CT molecular complexity index is 459. The highest BCUT2D eigenvalue weighted by Gasteiger charge is 2.34. The summed E-state index contributed by atoms with van der Waals surface area (Å²) < 4.78 is 5.66. The van der Waals surface area contributed by atoms with Crippen LogP contribution < -0.4 is 5.32 Å². The van der Waals surface area contributed by atoms with Crippen LogP contribution in [0.1, 0.15) is 91.9 Å². The Morgan fingerprint density at radius 3 is 2.10 bits per heavy atom. The van der Waals surface area contributed by atoms with E-state index in [0.29, 0.717) is 30.6 Å². The van der Waals surface area contributed by atoms with Gasteiger partial charge in [0.2, 0.25) is 0 Å². The van der Waals surface area contributed by atoms with E-state index in [0.717, 1.165) is 32.1 Å². The van der Waals surface area contributed by atoms with Gasteiger partial charge in [-0.15, -0.1) is 0 Å². The Kier molecular flexibility index (Phi) is 9.84. The first-order valence-electron chi connectivity index (χ1n) is 11.7. The van der Waals surface area contributed by atoms with Crippen molar-refractivity contribution in [1.29, 1.82) is 0 Å². The topological polar surface area (TPSA) is 102 Å². The van der Waals surface area contributed by atoms with Gasteiger partial charge in [-0.05, 0) is 83.5 Å². The van der Waals surface area contributed by atoms with Crippen LogP contribution >= 0.6 is 0 Å². The van der Waals surface area contributed by atoms with Crippen LogP contribution in [0.3, 0.4) is 0 Å². The number of hydrogen-bond donors (Lipinski definition) is 5. The van der Waals surface area contributed by atoms with E-state index >= 15 is 0 Å². The Hall–Kier alpha value is -0.240. The Balaban J connectivity index is 1.84. The van der Waals surface area contributed by atoms with Gasteiger partial charge in [0, 0.05) is 0 Å². The van der Waals surface area contributed by atoms with Crippen molar-refractivity contribution in [2.45, 2.75) is 128 Å². The van der Waals surface area contributed by atoms with Gasteiger partial charge < -0.3 is 30.5 Å². The number of aliphatic hydroxyl groups excluding tert-OH is 3. The smallest absolute Gasteiger partial charge is 0.170 e. The Morgan fingerprint density at radius 2 is 1.59 bits per heavy atom. The van der Waals surface area contributed by atoms with E-state index in [2.05, 4.69) is 5.32 Å². The van der Waals surface area contributed by atoms with Crippen LogP contribution in [0.4, 0.5) is 0 Å². The molecular formula is C23H45NO5. The lowest BCUT2D eigenvalue weighted by atomic mass is 9.69. The Morgan fingerprint density at radius 1 is 0.931 bits per heavy atom. The van der Waals surface area contributed by atoms with Crippen molar-refractivity contribution in [3.63, 3.8) is 0 Å². The molecule has 0 spiro atoms. The van der Waals surface area contributed by atoms with Gasteiger partial charge in [0.25, 0.3) is 0 Å². The molecule has 172 valence electrons. The summed E-state index contributed by atoms with van der Waals surface area (Å²) in [7, 11) is 0. The van der Waals surface area contributed by atoms with Gasteiger partial charge in [-0.3, -0.25) is 0 Å². The minimum absolute atomic E-state index is 0.114. The first-order valence-corrected chi connectivity index (χ1v) is 11.7. The van der Waals surface area contributed by atoms with Gasteiger partial charge in [0.1, 0.15) is 0 Å². The summed E-state index contributed by atoms with van der Waals surface area (Å²) in [6, 6.07) is -0.822. The van der Waals surface area contributed by atoms with Crippen molar-refractivity contribution in [2.75, 3.05) is 0 Å². The van der Waals surface area contributed by atoms with Gasteiger partial charge >= 0.3 is 0 Å². The molecule has 5 N–H and O–H groups in total. The molecule has 6 nitrogen and oxygen atoms in total. The van der Waals surface area contributed by atoms with Crippen LogP contribution in [0, 0.1) is 17.8 Å². The van der Waals surface area contributed by atoms with Crippen LogP contribution in [-0.4, -0.2) is 56.8 Å². The zero-order valence-corrected chi connectivity index (χ0v) is 18.9. The molecule has 0 radical (unpaired) electrons. The molecule has 6 heteroatoms. The molecule has 0 aromatic rings. The van der Waals surface area contributed by atoms with Gasteiger partial charge in [-0.25, -0.2) is 0 Å². The minimum Gasteiger partial charge on any atom is -0.393 e. The highest BCUT2D eigenvalue weighted by Crippen LogP contribution is 2.41. The SMILES string of the molecule is CC[C@H](N[C@@H](CC1CCC(C2CCCC(O)C2)CC1)C(O)O)C(O)OC(C)(C)C. The number of hydrogen-bond acceptors (Lipinski definition) is 6. The van der Waals surface area contributed by atoms with Crippen LogP contribution in [0.5, 0.6) is 0 Å².